The number of pyridine rings is 1. The summed E-state index contributed by atoms with van der Waals surface area (Å²) >= 11 is 0. The number of anilines is 1. The molecule has 8 rings (SSSR count). The highest BCUT2D eigenvalue weighted by Gasteiger charge is 2.70. The van der Waals surface area contributed by atoms with Gasteiger partial charge < -0.3 is 55.3 Å². The maximum Gasteiger partial charge on any atom is 0.341 e. The van der Waals surface area contributed by atoms with E-state index >= 15 is 4.39 Å². The summed E-state index contributed by atoms with van der Waals surface area (Å²) in [5.41, 5.74) is -8.34. The minimum Gasteiger partial charge on any atom is -0.508 e. The molecule has 2 heterocycles. The first-order valence-corrected chi connectivity index (χ1v) is 19.7. The van der Waals surface area contributed by atoms with Gasteiger partial charge >= 0.3 is 5.97 Å². The topological polar surface area (TPSA) is 263 Å². The quantitative estimate of drug-likeness (QED) is 0.146. The summed E-state index contributed by atoms with van der Waals surface area (Å²) in [5, 5.41) is 81.9. The van der Waals surface area contributed by atoms with Gasteiger partial charge in [-0.1, -0.05) is 12.1 Å². The van der Waals surface area contributed by atoms with Crippen molar-refractivity contribution in [3.8, 4) is 11.5 Å². The molecule has 61 heavy (non-hydrogen) atoms. The Morgan fingerprint density at radius 2 is 1.77 bits per heavy atom. The van der Waals surface area contributed by atoms with Gasteiger partial charge in [-0.25, -0.2) is 9.18 Å². The molecule has 7 atom stereocenters. The number of ether oxygens (including phenoxy) is 1. The number of rotatable bonds is 8. The van der Waals surface area contributed by atoms with Gasteiger partial charge in [-0.3, -0.25) is 29.0 Å². The predicted octanol–water partition coefficient (Wildman–Crippen LogP) is 0.895. The average Bonchev–Trinajstić information content (AvgIpc) is 4.04. The molecule has 2 aromatic carbocycles. The van der Waals surface area contributed by atoms with Gasteiger partial charge in [0.05, 0.1) is 65.4 Å². The van der Waals surface area contributed by atoms with E-state index in [1.54, 1.807) is 21.3 Å². The Hall–Kier alpha value is -5.86. The number of carbonyl (C=O) groups is 4. The lowest BCUT2D eigenvalue weighted by Crippen LogP contribution is -2.72. The molecule has 8 N–H and O–H groups in total. The number of amides is 1. The first kappa shape index (κ1) is 41.9. The van der Waals surface area contributed by atoms with Crippen molar-refractivity contribution in [2.75, 3.05) is 52.4 Å². The van der Waals surface area contributed by atoms with Crippen molar-refractivity contribution in [2.45, 2.75) is 62.1 Å². The van der Waals surface area contributed by atoms with Gasteiger partial charge in [0.2, 0.25) is 11.2 Å². The lowest BCUT2D eigenvalue weighted by molar-refractivity contribution is -0.181. The van der Waals surface area contributed by atoms with Crippen molar-refractivity contribution in [3.63, 3.8) is 0 Å². The van der Waals surface area contributed by atoms with Gasteiger partial charge in [0.25, 0.3) is 5.91 Å². The predicted molar refractivity (Wildman–Crippen MR) is 214 cm³/mol. The molecule has 0 spiro atoms. The first-order valence-electron chi connectivity index (χ1n) is 19.7. The van der Waals surface area contributed by atoms with E-state index in [0.717, 1.165) is 18.9 Å². The second kappa shape index (κ2) is 14.4. The highest BCUT2D eigenvalue weighted by molar-refractivity contribution is 6.25. The van der Waals surface area contributed by atoms with Gasteiger partial charge in [0.15, 0.2) is 23.0 Å². The van der Waals surface area contributed by atoms with Crippen molar-refractivity contribution in [2.24, 2.45) is 11.8 Å². The molecule has 1 saturated heterocycles. The van der Waals surface area contributed by atoms with Gasteiger partial charge in [0.1, 0.15) is 34.1 Å². The summed E-state index contributed by atoms with van der Waals surface area (Å²) < 4.78 is 23.4. The summed E-state index contributed by atoms with van der Waals surface area (Å²) in [6.45, 7) is 3.34. The second-order valence-corrected chi connectivity index (χ2v) is 16.9. The average molecular weight is 848 g/mol. The molecule has 1 aromatic heterocycles. The van der Waals surface area contributed by atoms with Crippen LogP contribution in [0.4, 0.5) is 10.1 Å². The van der Waals surface area contributed by atoms with Crippen LogP contribution >= 0.6 is 0 Å². The van der Waals surface area contributed by atoms with Gasteiger partial charge in [-0.05, 0) is 58.5 Å². The van der Waals surface area contributed by atoms with Crippen LogP contribution in [-0.4, -0.2) is 145 Å². The minimum atomic E-state index is -3.16. The number of aliphatic hydroxyl groups is 5. The lowest BCUT2D eigenvalue weighted by Gasteiger charge is -2.55. The van der Waals surface area contributed by atoms with E-state index in [1.165, 1.54) is 57.4 Å². The Kier molecular flexibility index (Phi) is 9.86. The highest BCUT2D eigenvalue weighted by Crippen LogP contribution is 2.57. The molecule has 0 bridgehead atoms. The number of phenolic OH excluding ortho intramolecular Hbond substituents is 1. The van der Waals surface area contributed by atoms with Gasteiger partial charge in [-0.15, -0.1) is 0 Å². The Morgan fingerprint density at radius 3 is 2.38 bits per heavy atom. The van der Waals surface area contributed by atoms with Crippen LogP contribution < -0.4 is 20.4 Å². The number of Topliss-reactive ketones (excluding diaryl/α,β-unsaturated/α-hetero) is 2. The summed E-state index contributed by atoms with van der Waals surface area (Å²) in [4.78, 5) is 72.5. The molecular formula is C42H46FN5O13. The van der Waals surface area contributed by atoms with E-state index in [-0.39, 0.29) is 65.8 Å². The zero-order valence-corrected chi connectivity index (χ0v) is 33.8. The number of halogens is 1. The molecule has 1 amide bonds. The van der Waals surface area contributed by atoms with Crippen LogP contribution in [0, 0.1) is 17.7 Å². The summed E-state index contributed by atoms with van der Waals surface area (Å²) in [6, 6.07) is 2.86. The highest BCUT2D eigenvalue weighted by atomic mass is 19.1. The van der Waals surface area contributed by atoms with Crippen molar-refractivity contribution < 1.29 is 64.1 Å². The summed E-state index contributed by atoms with van der Waals surface area (Å²) in [7, 11) is 4.14. The second-order valence-electron chi connectivity index (χ2n) is 16.9. The molecule has 5 aliphatic rings. The van der Waals surface area contributed by atoms with Crippen molar-refractivity contribution >= 4 is 45.8 Å². The molecule has 3 fully saturated rings. The summed E-state index contributed by atoms with van der Waals surface area (Å²) in [5.74, 6) is -12.0. The number of carbonyl (C=O) groups excluding carboxylic acids is 3. The number of piperazine rings is 1. The normalized spacial score (nSPS) is 29.1. The third-order valence-electron chi connectivity index (χ3n) is 13.1. The van der Waals surface area contributed by atoms with Crippen LogP contribution in [0.15, 0.2) is 52.2 Å². The van der Waals surface area contributed by atoms with E-state index < -0.39 is 110 Å². The summed E-state index contributed by atoms with van der Waals surface area (Å²) in [6.07, 6.45) is 0.750. The number of hydrogen-bond donors (Lipinski definition) is 8. The molecule has 18 nitrogen and oxygen atoms in total. The number of benzene rings is 2. The van der Waals surface area contributed by atoms with E-state index in [4.69, 9.17) is 4.74 Å². The number of likely N-dealkylation sites (N-methyl/N-ethyl adjacent to an activating group) is 1. The number of methoxy groups -OCH3 is 1. The fourth-order valence-electron chi connectivity index (χ4n) is 10.00. The van der Waals surface area contributed by atoms with Crippen LogP contribution in [0.2, 0.25) is 0 Å². The molecule has 4 aliphatic carbocycles. The Morgan fingerprint density at radius 1 is 1.08 bits per heavy atom. The van der Waals surface area contributed by atoms with Crippen molar-refractivity contribution in [1.29, 1.82) is 0 Å². The molecule has 1 aliphatic heterocycles. The largest absolute Gasteiger partial charge is 0.508 e. The Bertz CT molecular complexity index is 2580. The first-order chi connectivity index (χ1) is 28.7. The number of hydrogen-bond acceptors (Lipinski definition) is 15. The maximum atomic E-state index is 16.0. The van der Waals surface area contributed by atoms with Crippen molar-refractivity contribution in [3.05, 3.63) is 80.1 Å². The number of fused-ring (bicyclic) bond motifs is 4. The Balaban J connectivity index is 1.08. The van der Waals surface area contributed by atoms with Gasteiger partial charge in [-0.2, -0.15) is 0 Å². The number of carboxylic acids is 1. The number of aromatic hydroxyl groups is 1. The smallest absolute Gasteiger partial charge is 0.341 e. The molecular weight excluding hydrogens is 801 g/mol. The van der Waals surface area contributed by atoms with Crippen LogP contribution in [0.3, 0.4) is 0 Å². The monoisotopic (exact) mass is 847 g/mol. The number of nitrogens with one attached hydrogen (secondary N) is 1. The number of aliphatic hydroxyl groups excluding tert-OH is 3. The zero-order valence-electron chi connectivity index (χ0n) is 33.8. The fraction of sp³-hybridized carbons (Fsp3) is 0.452. The van der Waals surface area contributed by atoms with E-state index in [0.29, 0.717) is 0 Å². The number of aromatic nitrogens is 1. The zero-order chi connectivity index (χ0) is 44.4. The molecule has 19 heteroatoms. The van der Waals surface area contributed by atoms with E-state index in [9.17, 15) is 59.7 Å². The van der Waals surface area contributed by atoms with E-state index in [2.05, 4.69) is 5.32 Å². The maximum absolute atomic E-state index is 16.0. The van der Waals surface area contributed by atoms with Crippen LogP contribution in [0.1, 0.15) is 54.2 Å². The number of aromatic carboxylic acids is 1. The number of carboxylic acid groups (broad SMARTS) is 1. The number of ketones is 2. The minimum absolute atomic E-state index is 0.0355. The molecule has 324 valence electrons. The fourth-order valence-corrected chi connectivity index (χ4v) is 10.00. The van der Waals surface area contributed by atoms with Gasteiger partial charge in [0, 0.05) is 37.9 Å². The molecule has 0 radical (unpaired) electrons. The molecule has 1 unspecified atom stereocenters. The standard InChI is InChI=1S/C42H46FN5O13/c1-17-14-46(30-22(43)13-19-29(36(30)61-5)48(18-9-10-18)15-20(32(19)50)40(57)58)11-12-47(17)16-44-39(56)26-34(52)31(45(3)4)28-35(53)27-25(37(54)42(28,60)38(26)55)33(51)24-21(41(27,2)59)7-6-8-23(24)49/h6-8,13,15,17-18,27-28,31,35,49,51,53,55,59-60H,9-12,14,16H2,1-5H3,(H,44,56)(H,57,58)/t17?,27-,28-,31+,35+,41-,42+/m1/s1. The lowest BCUT2D eigenvalue weighted by atomic mass is 9.53. The number of phenols is 1. The third kappa shape index (κ3) is 5.96. The van der Waals surface area contributed by atoms with Crippen molar-refractivity contribution in [1.82, 2.24) is 19.7 Å². The SMILES string of the molecule is COc1c(N2CCN(CNC(=O)C3=C(O)[C@@]4(O)C(=O)C5=C(O)c6c(O)cccc6[C@@](C)(O)[C@H]5[C@H](O)[C@H]4[C@H](N(C)C)C3=O)C(C)C2)c(F)cc2c(=O)c(C(=O)O)cn(C3CC3)c12. The van der Waals surface area contributed by atoms with Crippen LogP contribution in [-0.2, 0) is 20.0 Å². The Labute approximate surface area is 347 Å². The van der Waals surface area contributed by atoms with Crippen LogP contribution in [0.25, 0.3) is 16.7 Å². The number of nitrogens with zero attached hydrogens (tertiary/aromatic N) is 4. The van der Waals surface area contributed by atoms with Crippen LogP contribution in [0.5, 0.6) is 11.5 Å². The van der Waals surface area contributed by atoms with E-state index in [1.807, 2.05) is 0 Å². The molecule has 3 aromatic rings. The third-order valence-corrected chi connectivity index (χ3v) is 13.1. The molecule has 2 saturated carbocycles.